The first-order valence-corrected chi connectivity index (χ1v) is 7.03. The van der Waals surface area contributed by atoms with Crippen LogP contribution in [0.1, 0.15) is 15.9 Å². The van der Waals surface area contributed by atoms with Gasteiger partial charge in [-0.15, -0.1) is 0 Å². The molecular formula is C17H21N3O2. The monoisotopic (exact) mass is 299 g/mol. The molecule has 0 spiro atoms. The van der Waals surface area contributed by atoms with Gasteiger partial charge in [0.25, 0.3) is 5.91 Å². The third-order valence-electron chi connectivity index (χ3n) is 3.38. The van der Waals surface area contributed by atoms with Crippen LogP contribution in [0.25, 0.3) is 0 Å². The molecule has 0 aliphatic rings. The Morgan fingerprint density at radius 1 is 1.09 bits per heavy atom. The predicted octanol–water partition coefficient (Wildman–Crippen LogP) is 2.43. The first kappa shape index (κ1) is 15.8. The number of pyridine rings is 1. The molecule has 0 atom stereocenters. The van der Waals surface area contributed by atoms with Crippen molar-refractivity contribution in [2.45, 2.75) is 6.54 Å². The van der Waals surface area contributed by atoms with E-state index in [1.54, 1.807) is 31.3 Å². The van der Waals surface area contributed by atoms with E-state index in [0.717, 1.165) is 17.1 Å². The van der Waals surface area contributed by atoms with Crippen molar-refractivity contribution in [1.82, 2.24) is 9.88 Å². The second-order valence-corrected chi connectivity index (χ2v) is 5.31. The summed E-state index contributed by atoms with van der Waals surface area (Å²) in [5.74, 6) is 1.59. The Labute approximate surface area is 131 Å². The lowest BCUT2D eigenvalue weighted by Gasteiger charge is -2.18. The summed E-state index contributed by atoms with van der Waals surface area (Å²) in [4.78, 5) is 20.2. The topological polar surface area (TPSA) is 45.7 Å². The van der Waals surface area contributed by atoms with Crippen LogP contribution >= 0.6 is 0 Å². The van der Waals surface area contributed by atoms with E-state index < -0.39 is 0 Å². The molecule has 1 aromatic heterocycles. The molecule has 22 heavy (non-hydrogen) atoms. The van der Waals surface area contributed by atoms with Gasteiger partial charge in [0.05, 0.1) is 12.7 Å². The van der Waals surface area contributed by atoms with Gasteiger partial charge < -0.3 is 14.5 Å². The maximum atomic E-state index is 12.4. The zero-order valence-electron chi connectivity index (χ0n) is 13.4. The van der Waals surface area contributed by atoms with Gasteiger partial charge in [-0.2, -0.15) is 0 Å². The van der Waals surface area contributed by atoms with Crippen LogP contribution in [-0.2, 0) is 6.54 Å². The molecule has 5 heteroatoms. The molecule has 0 N–H and O–H groups in total. The quantitative estimate of drug-likeness (QED) is 0.850. The molecule has 2 rings (SSSR count). The van der Waals surface area contributed by atoms with Crippen LogP contribution in [-0.4, -0.2) is 44.0 Å². The highest BCUT2D eigenvalue weighted by atomic mass is 16.5. The van der Waals surface area contributed by atoms with E-state index in [1.807, 2.05) is 49.3 Å². The number of methoxy groups -OCH3 is 1. The Morgan fingerprint density at radius 2 is 1.77 bits per heavy atom. The SMILES string of the molecule is COc1ccc(CN(C)C(=O)c2ccc(N(C)C)nc2)cc1. The highest BCUT2D eigenvalue weighted by Crippen LogP contribution is 2.14. The first-order chi connectivity index (χ1) is 10.5. The molecule has 0 aliphatic heterocycles. The summed E-state index contributed by atoms with van der Waals surface area (Å²) >= 11 is 0. The molecule has 5 nitrogen and oxygen atoms in total. The highest BCUT2D eigenvalue weighted by molar-refractivity contribution is 5.93. The van der Waals surface area contributed by atoms with Gasteiger partial charge in [-0.05, 0) is 29.8 Å². The molecule has 1 amide bonds. The van der Waals surface area contributed by atoms with Crippen LogP contribution in [0.15, 0.2) is 42.6 Å². The number of hydrogen-bond acceptors (Lipinski definition) is 4. The third kappa shape index (κ3) is 3.75. The summed E-state index contributed by atoms with van der Waals surface area (Å²) < 4.78 is 5.13. The van der Waals surface area contributed by atoms with Gasteiger partial charge in [-0.1, -0.05) is 12.1 Å². The molecular weight excluding hydrogens is 278 g/mol. The van der Waals surface area contributed by atoms with E-state index >= 15 is 0 Å². The maximum Gasteiger partial charge on any atom is 0.255 e. The normalized spacial score (nSPS) is 10.2. The number of anilines is 1. The number of aromatic nitrogens is 1. The van der Waals surface area contributed by atoms with Gasteiger partial charge >= 0.3 is 0 Å². The number of hydrogen-bond donors (Lipinski definition) is 0. The molecule has 0 aliphatic carbocycles. The predicted molar refractivity (Wildman–Crippen MR) is 87.4 cm³/mol. The molecule has 1 heterocycles. The maximum absolute atomic E-state index is 12.4. The minimum absolute atomic E-state index is 0.0476. The molecule has 1 aromatic carbocycles. The van der Waals surface area contributed by atoms with E-state index in [0.29, 0.717) is 12.1 Å². The Morgan fingerprint density at radius 3 is 2.27 bits per heavy atom. The van der Waals surface area contributed by atoms with Crippen LogP contribution in [0, 0.1) is 0 Å². The lowest BCUT2D eigenvalue weighted by molar-refractivity contribution is 0.0784. The molecule has 0 unspecified atom stereocenters. The fraction of sp³-hybridized carbons (Fsp3) is 0.294. The zero-order chi connectivity index (χ0) is 16.1. The van der Waals surface area contributed by atoms with Gasteiger partial charge in [-0.3, -0.25) is 4.79 Å². The number of benzene rings is 1. The summed E-state index contributed by atoms with van der Waals surface area (Å²) in [5.41, 5.74) is 1.64. The molecule has 2 aromatic rings. The van der Waals surface area contributed by atoms with E-state index in [9.17, 15) is 4.79 Å². The van der Waals surface area contributed by atoms with Crippen molar-refractivity contribution in [3.8, 4) is 5.75 Å². The highest BCUT2D eigenvalue weighted by Gasteiger charge is 2.13. The number of ether oxygens (including phenoxy) is 1. The molecule has 0 radical (unpaired) electrons. The number of rotatable bonds is 5. The smallest absolute Gasteiger partial charge is 0.255 e. The largest absolute Gasteiger partial charge is 0.497 e. The van der Waals surface area contributed by atoms with Gasteiger partial charge in [0.2, 0.25) is 0 Å². The lowest BCUT2D eigenvalue weighted by atomic mass is 10.2. The summed E-state index contributed by atoms with van der Waals surface area (Å²) in [6.45, 7) is 0.540. The Kier molecular flexibility index (Phi) is 4.99. The first-order valence-electron chi connectivity index (χ1n) is 7.03. The van der Waals surface area contributed by atoms with Crippen LogP contribution in [0.3, 0.4) is 0 Å². The average molecular weight is 299 g/mol. The molecule has 116 valence electrons. The average Bonchev–Trinajstić information content (AvgIpc) is 2.55. The van der Waals surface area contributed by atoms with Crippen molar-refractivity contribution in [2.75, 3.05) is 33.2 Å². The third-order valence-corrected chi connectivity index (χ3v) is 3.38. The summed E-state index contributed by atoms with van der Waals surface area (Å²) in [6, 6.07) is 11.3. The Hall–Kier alpha value is -2.56. The standard InChI is InChI=1S/C17H21N3O2/c1-19(2)16-10-7-14(11-18-16)17(21)20(3)12-13-5-8-15(22-4)9-6-13/h5-11H,12H2,1-4H3. The second kappa shape index (κ2) is 6.93. The Bertz CT molecular complexity index is 621. The van der Waals surface area contributed by atoms with Crippen molar-refractivity contribution in [2.24, 2.45) is 0 Å². The number of amides is 1. The van der Waals surface area contributed by atoms with Crippen molar-refractivity contribution in [3.05, 3.63) is 53.7 Å². The van der Waals surface area contributed by atoms with Gasteiger partial charge in [0.15, 0.2) is 0 Å². The summed E-state index contributed by atoms with van der Waals surface area (Å²) in [7, 11) is 7.25. The lowest BCUT2D eigenvalue weighted by Crippen LogP contribution is -2.26. The Balaban J connectivity index is 2.04. The number of nitrogens with zero attached hydrogens (tertiary/aromatic N) is 3. The van der Waals surface area contributed by atoms with Crippen molar-refractivity contribution >= 4 is 11.7 Å². The molecule has 0 bridgehead atoms. The van der Waals surface area contributed by atoms with Crippen LogP contribution in [0.2, 0.25) is 0 Å². The van der Waals surface area contributed by atoms with E-state index in [2.05, 4.69) is 4.98 Å². The van der Waals surface area contributed by atoms with E-state index in [4.69, 9.17) is 4.74 Å². The van der Waals surface area contributed by atoms with Crippen LogP contribution in [0.5, 0.6) is 5.75 Å². The summed E-state index contributed by atoms with van der Waals surface area (Å²) in [5, 5.41) is 0. The second-order valence-electron chi connectivity index (χ2n) is 5.31. The van der Waals surface area contributed by atoms with Crippen molar-refractivity contribution in [3.63, 3.8) is 0 Å². The molecule has 0 saturated heterocycles. The molecule has 0 saturated carbocycles. The zero-order valence-corrected chi connectivity index (χ0v) is 13.4. The van der Waals surface area contributed by atoms with Crippen molar-refractivity contribution in [1.29, 1.82) is 0 Å². The van der Waals surface area contributed by atoms with Crippen LogP contribution in [0.4, 0.5) is 5.82 Å². The van der Waals surface area contributed by atoms with E-state index in [1.165, 1.54) is 0 Å². The van der Waals surface area contributed by atoms with Gasteiger partial charge in [0, 0.05) is 33.9 Å². The fourth-order valence-corrected chi connectivity index (χ4v) is 2.07. The minimum atomic E-state index is -0.0476. The molecule has 0 fully saturated rings. The van der Waals surface area contributed by atoms with Gasteiger partial charge in [-0.25, -0.2) is 4.98 Å². The van der Waals surface area contributed by atoms with Crippen LogP contribution < -0.4 is 9.64 Å². The minimum Gasteiger partial charge on any atom is -0.497 e. The fourth-order valence-electron chi connectivity index (χ4n) is 2.07. The number of carbonyl (C=O) groups is 1. The van der Waals surface area contributed by atoms with Crippen molar-refractivity contribution < 1.29 is 9.53 Å². The summed E-state index contributed by atoms with van der Waals surface area (Å²) in [6.07, 6.45) is 1.61. The number of carbonyl (C=O) groups excluding carboxylic acids is 1. The van der Waals surface area contributed by atoms with Gasteiger partial charge in [0.1, 0.15) is 11.6 Å². The van der Waals surface area contributed by atoms with E-state index in [-0.39, 0.29) is 5.91 Å².